The minimum Gasteiger partial charge on any atom is -0.550 e. The van der Waals surface area contributed by atoms with Crippen molar-refractivity contribution in [3.8, 4) is 0 Å². The van der Waals surface area contributed by atoms with Gasteiger partial charge in [0.15, 0.2) is 4.75 Å². The van der Waals surface area contributed by atoms with Gasteiger partial charge in [-0.15, -0.1) is 6.58 Å². The smallest absolute Gasteiger partial charge is 0.550 e. The Hall–Kier alpha value is 0.590. The van der Waals surface area contributed by atoms with Crippen LogP contribution in [0.5, 0.6) is 0 Å². The monoisotopic (exact) mass is 268 g/mol. The zero-order valence-electron chi connectivity index (χ0n) is 8.80. The van der Waals surface area contributed by atoms with Gasteiger partial charge < -0.3 is 19.8 Å². The number of carboxylic acid groups (broad SMARTS) is 2. The molecular weight excluding hydrogens is 262 g/mol. The Labute approximate surface area is 136 Å². The van der Waals surface area contributed by atoms with E-state index in [0.29, 0.717) is 0 Å². The third-order valence-corrected chi connectivity index (χ3v) is 2.94. The first-order valence-corrected chi connectivity index (χ1v) is 4.63. The molecule has 0 saturated carbocycles. The molecule has 10 heteroatoms. The summed E-state index contributed by atoms with van der Waals surface area (Å²) in [4.78, 5) is 20.5. The Morgan fingerprint density at radius 1 is 1.31 bits per heavy atom. The van der Waals surface area contributed by atoms with Crippen LogP contribution in [0.25, 0.3) is 0 Å². The molecule has 0 radical (unpaired) electrons. The number of carbonyl (C=O) groups is 2. The van der Waals surface area contributed by atoms with E-state index in [4.69, 9.17) is 4.55 Å². The van der Waals surface area contributed by atoms with Crippen LogP contribution >= 0.6 is 0 Å². The van der Waals surface area contributed by atoms with Crippen molar-refractivity contribution in [3.63, 3.8) is 0 Å². The quantitative estimate of drug-likeness (QED) is 0.297. The summed E-state index contributed by atoms with van der Waals surface area (Å²) in [5, 5.41) is 20.5. The molecule has 0 spiro atoms. The molecule has 1 N–H and O–H groups in total. The third kappa shape index (κ3) is 4.84. The van der Waals surface area contributed by atoms with E-state index in [1.165, 1.54) is 0 Å². The molecule has 0 amide bonds. The molecule has 0 saturated heterocycles. The van der Waals surface area contributed by atoms with Crippen molar-refractivity contribution >= 4 is 22.1 Å². The average molecular weight is 268 g/mol. The maximum Gasteiger partial charge on any atom is 1.00 e. The molecule has 1 atom stereocenters. The predicted octanol–water partition coefficient (Wildman–Crippen LogP) is -9.30. The van der Waals surface area contributed by atoms with Gasteiger partial charge in [-0.25, -0.2) is 0 Å². The third-order valence-electron chi connectivity index (χ3n) is 1.54. The summed E-state index contributed by atoms with van der Waals surface area (Å²) >= 11 is 0. The molecule has 0 aliphatic heterocycles. The Balaban J connectivity index is -0.000000845. The maximum atomic E-state index is 10.6. The Morgan fingerprint density at radius 2 is 1.69 bits per heavy atom. The molecule has 80 valence electrons. The topological polar surface area (TPSA) is 135 Å². The summed E-state index contributed by atoms with van der Waals surface area (Å²) in [6.45, 7) is 2.82. The number of hydrogen-bond acceptors (Lipinski definition) is 6. The first-order chi connectivity index (χ1) is 6.17. The zero-order valence-corrected chi connectivity index (χ0v) is 13.6. The Bertz CT molecular complexity index is 376. The molecule has 0 rings (SSSR count). The summed E-state index contributed by atoms with van der Waals surface area (Å²) < 4.78 is 26.7. The van der Waals surface area contributed by atoms with Crippen molar-refractivity contribution < 1.29 is 91.9 Å². The van der Waals surface area contributed by atoms with E-state index in [1.807, 2.05) is 0 Å². The van der Waals surface area contributed by atoms with Gasteiger partial charge >= 0.3 is 59.1 Å². The first-order valence-electron chi connectivity index (χ1n) is 3.19. The van der Waals surface area contributed by atoms with Crippen LogP contribution in [-0.2, 0) is 19.7 Å². The summed E-state index contributed by atoms with van der Waals surface area (Å²) in [5.74, 6) is -4.24. The van der Waals surface area contributed by atoms with Gasteiger partial charge in [0, 0.05) is 12.4 Å². The van der Waals surface area contributed by atoms with Crippen LogP contribution < -0.4 is 69.3 Å². The molecule has 0 aliphatic rings. The second kappa shape index (κ2) is 7.83. The summed E-state index contributed by atoms with van der Waals surface area (Å²) in [7, 11) is -5.17. The van der Waals surface area contributed by atoms with Gasteiger partial charge in [-0.2, -0.15) is 8.42 Å². The van der Waals surface area contributed by atoms with Crippen LogP contribution in [-0.4, -0.2) is 29.7 Å². The SMILES string of the molecule is C=CC(CC(=O)[O-])(C(=O)[O-])S(=O)(=O)O.[Na+].[Na+]. The molecule has 0 aromatic heterocycles. The maximum absolute atomic E-state index is 10.6. The number of carboxylic acids is 2. The van der Waals surface area contributed by atoms with Crippen molar-refractivity contribution in [2.75, 3.05) is 0 Å². The number of aliphatic carboxylic acids is 2. The fourth-order valence-corrected chi connectivity index (χ4v) is 1.47. The van der Waals surface area contributed by atoms with Crippen molar-refractivity contribution in [1.29, 1.82) is 0 Å². The Kier molecular flexibility index (Phi) is 10.7. The molecule has 7 nitrogen and oxygen atoms in total. The van der Waals surface area contributed by atoms with E-state index in [-0.39, 0.29) is 65.2 Å². The minimum absolute atomic E-state index is 0. The van der Waals surface area contributed by atoms with Crippen LogP contribution in [0.2, 0.25) is 0 Å². The van der Waals surface area contributed by atoms with Crippen LogP contribution in [0.1, 0.15) is 6.42 Å². The van der Waals surface area contributed by atoms with Crippen molar-refractivity contribution in [3.05, 3.63) is 12.7 Å². The summed E-state index contributed by atoms with van der Waals surface area (Å²) in [6.07, 6.45) is -1.19. The van der Waals surface area contributed by atoms with E-state index < -0.39 is 33.2 Å². The zero-order chi connectivity index (χ0) is 11.6. The van der Waals surface area contributed by atoms with Crippen LogP contribution in [0.3, 0.4) is 0 Å². The van der Waals surface area contributed by atoms with Crippen LogP contribution in [0, 0.1) is 0 Å². The van der Waals surface area contributed by atoms with Crippen LogP contribution in [0.4, 0.5) is 0 Å². The number of rotatable bonds is 5. The number of hydrogen-bond donors (Lipinski definition) is 1. The van der Waals surface area contributed by atoms with Gasteiger partial charge in [0.1, 0.15) is 0 Å². The molecular formula is C6H6Na2O7S. The largest absolute Gasteiger partial charge is 1.00 e. The van der Waals surface area contributed by atoms with Crippen molar-refractivity contribution in [2.24, 2.45) is 0 Å². The molecule has 0 fully saturated rings. The van der Waals surface area contributed by atoms with E-state index >= 15 is 0 Å². The van der Waals surface area contributed by atoms with Crippen LogP contribution in [0.15, 0.2) is 12.7 Å². The van der Waals surface area contributed by atoms with Crippen molar-refractivity contribution in [2.45, 2.75) is 11.2 Å². The fraction of sp³-hybridized carbons (Fsp3) is 0.333. The van der Waals surface area contributed by atoms with Crippen molar-refractivity contribution in [1.82, 2.24) is 0 Å². The van der Waals surface area contributed by atoms with Gasteiger partial charge in [-0.1, -0.05) is 6.08 Å². The van der Waals surface area contributed by atoms with Gasteiger partial charge in [0.05, 0.1) is 5.97 Å². The Morgan fingerprint density at radius 3 is 1.75 bits per heavy atom. The molecule has 0 heterocycles. The second-order valence-corrected chi connectivity index (χ2v) is 4.08. The molecule has 16 heavy (non-hydrogen) atoms. The molecule has 0 aromatic rings. The van der Waals surface area contributed by atoms with E-state index in [0.717, 1.165) is 0 Å². The normalized spacial score (nSPS) is 13.6. The molecule has 0 aliphatic carbocycles. The predicted molar refractivity (Wildman–Crippen MR) is 39.1 cm³/mol. The molecule has 0 aromatic carbocycles. The van der Waals surface area contributed by atoms with E-state index in [2.05, 4.69) is 6.58 Å². The van der Waals surface area contributed by atoms with Gasteiger partial charge in [-0.3, -0.25) is 4.55 Å². The van der Waals surface area contributed by atoms with E-state index in [9.17, 15) is 28.2 Å². The standard InChI is InChI=1S/C6H8O7S.2Na/c1-2-6(5(9)10,3-4(7)8)14(11,12)13;;/h2H,1,3H2,(H,7,8)(H,9,10)(H,11,12,13);;/q;2*+1/p-2. The summed E-state index contributed by atoms with van der Waals surface area (Å²) in [6, 6.07) is 0. The van der Waals surface area contributed by atoms with Gasteiger partial charge in [0.25, 0.3) is 10.1 Å². The fourth-order valence-electron chi connectivity index (χ4n) is 0.744. The average Bonchev–Trinajstić information content (AvgIpc) is 1.96. The number of carbonyl (C=O) groups excluding carboxylic acids is 2. The summed E-state index contributed by atoms with van der Waals surface area (Å²) in [5.41, 5.74) is 0. The molecule has 1 unspecified atom stereocenters. The van der Waals surface area contributed by atoms with Gasteiger partial charge in [0.2, 0.25) is 0 Å². The molecule has 0 bridgehead atoms. The first kappa shape index (κ1) is 21.8. The second-order valence-electron chi connectivity index (χ2n) is 2.40. The van der Waals surface area contributed by atoms with E-state index in [1.54, 1.807) is 0 Å². The van der Waals surface area contributed by atoms with Gasteiger partial charge in [-0.05, 0) is 0 Å². The minimum atomic E-state index is -5.17.